The Morgan fingerprint density at radius 2 is 1.75 bits per heavy atom. The molecule has 2 aromatic carbocycles. The lowest BCUT2D eigenvalue weighted by molar-refractivity contribution is 0.100. The lowest BCUT2D eigenvalue weighted by Gasteiger charge is -2.11. The van der Waals surface area contributed by atoms with Gasteiger partial charge in [-0.1, -0.05) is 26.0 Å². The first-order valence-electron chi connectivity index (χ1n) is 6.44. The number of anilines is 1. The second-order valence-corrected chi connectivity index (χ2v) is 4.94. The van der Waals surface area contributed by atoms with Gasteiger partial charge in [0, 0.05) is 5.56 Å². The molecule has 20 heavy (non-hydrogen) atoms. The summed E-state index contributed by atoms with van der Waals surface area (Å²) in [5.41, 5.74) is 13.0. The second kappa shape index (κ2) is 5.65. The summed E-state index contributed by atoms with van der Waals surface area (Å²) in [6.45, 7) is 4.27. The molecule has 4 nitrogen and oxygen atoms in total. The van der Waals surface area contributed by atoms with Crippen LogP contribution in [0.2, 0.25) is 0 Å². The molecule has 0 unspecified atom stereocenters. The number of nitrogen functional groups attached to an aromatic ring is 1. The van der Waals surface area contributed by atoms with E-state index >= 15 is 0 Å². The van der Waals surface area contributed by atoms with E-state index in [-0.39, 0.29) is 0 Å². The number of carbonyl (C=O) groups excluding carboxylic acids is 1. The summed E-state index contributed by atoms with van der Waals surface area (Å²) in [6.07, 6.45) is 0. The van der Waals surface area contributed by atoms with Gasteiger partial charge < -0.3 is 16.2 Å². The van der Waals surface area contributed by atoms with Crippen LogP contribution >= 0.6 is 0 Å². The Balaban J connectivity index is 2.19. The maximum Gasteiger partial charge on any atom is 0.248 e. The molecule has 4 heteroatoms. The molecule has 1 amide bonds. The van der Waals surface area contributed by atoms with Crippen LogP contribution < -0.4 is 16.2 Å². The van der Waals surface area contributed by atoms with Gasteiger partial charge >= 0.3 is 0 Å². The second-order valence-electron chi connectivity index (χ2n) is 4.94. The number of ether oxygens (including phenoxy) is 1. The molecule has 104 valence electrons. The van der Waals surface area contributed by atoms with E-state index < -0.39 is 5.91 Å². The molecule has 0 fully saturated rings. The zero-order valence-corrected chi connectivity index (χ0v) is 11.6. The van der Waals surface area contributed by atoms with Crippen molar-refractivity contribution in [3.63, 3.8) is 0 Å². The Morgan fingerprint density at radius 1 is 1.10 bits per heavy atom. The molecule has 0 aliphatic rings. The Labute approximate surface area is 118 Å². The van der Waals surface area contributed by atoms with E-state index in [0.29, 0.717) is 28.7 Å². The van der Waals surface area contributed by atoms with E-state index in [9.17, 15) is 4.79 Å². The summed E-state index contributed by atoms with van der Waals surface area (Å²) in [7, 11) is 0. The predicted octanol–water partition coefficient (Wildman–Crippen LogP) is 3.28. The van der Waals surface area contributed by atoms with Crippen LogP contribution in [0.5, 0.6) is 11.5 Å². The molecule has 0 radical (unpaired) electrons. The van der Waals surface area contributed by atoms with E-state index in [4.69, 9.17) is 16.2 Å². The van der Waals surface area contributed by atoms with Crippen LogP contribution in [0.1, 0.15) is 35.7 Å². The number of nitrogens with two attached hydrogens (primary N) is 2. The van der Waals surface area contributed by atoms with Gasteiger partial charge in [0.15, 0.2) is 0 Å². The van der Waals surface area contributed by atoms with E-state index in [1.54, 1.807) is 12.1 Å². The molecule has 4 N–H and O–H groups in total. The first kappa shape index (κ1) is 13.9. The molecule has 0 aliphatic carbocycles. The van der Waals surface area contributed by atoms with Crippen molar-refractivity contribution in [1.82, 2.24) is 0 Å². The first-order chi connectivity index (χ1) is 9.47. The summed E-state index contributed by atoms with van der Waals surface area (Å²) in [5, 5.41) is 0. The fraction of sp³-hybridized carbons (Fsp3) is 0.188. The summed E-state index contributed by atoms with van der Waals surface area (Å²) in [4.78, 5) is 11.0. The van der Waals surface area contributed by atoms with E-state index in [1.807, 2.05) is 24.3 Å². The van der Waals surface area contributed by atoms with Crippen molar-refractivity contribution < 1.29 is 9.53 Å². The highest BCUT2D eigenvalue weighted by Gasteiger charge is 2.07. The average molecular weight is 270 g/mol. The summed E-state index contributed by atoms with van der Waals surface area (Å²) in [6, 6.07) is 12.6. The molecule has 0 saturated carbocycles. The Hall–Kier alpha value is -2.49. The summed E-state index contributed by atoms with van der Waals surface area (Å²) < 4.78 is 5.70. The van der Waals surface area contributed by atoms with E-state index in [2.05, 4.69) is 13.8 Å². The number of hydrogen-bond donors (Lipinski definition) is 2. The van der Waals surface area contributed by atoms with Gasteiger partial charge in [-0.3, -0.25) is 4.79 Å². The maximum atomic E-state index is 11.0. The highest BCUT2D eigenvalue weighted by molar-refractivity contribution is 5.94. The zero-order chi connectivity index (χ0) is 14.7. The third-order valence-corrected chi connectivity index (χ3v) is 3.07. The average Bonchev–Trinajstić information content (AvgIpc) is 2.41. The van der Waals surface area contributed by atoms with Gasteiger partial charge in [0.05, 0.1) is 5.69 Å². The van der Waals surface area contributed by atoms with Gasteiger partial charge in [-0.05, 0) is 41.8 Å². The smallest absolute Gasteiger partial charge is 0.248 e. The highest BCUT2D eigenvalue weighted by Crippen LogP contribution is 2.29. The van der Waals surface area contributed by atoms with E-state index in [0.717, 1.165) is 0 Å². The van der Waals surface area contributed by atoms with Crippen LogP contribution in [-0.2, 0) is 0 Å². The monoisotopic (exact) mass is 270 g/mol. The van der Waals surface area contributed by atoms with Crippen molar-refractivity contribution in [2.75, 3.05) is 5.73 Å². The minimum absolute atomic E-state index is 0.366. The molecular formula is C16H18N2O2. The molecule has 0 saturated heterocycles. The van der Waals surface area contributed by atoms with Crippen LogP contribution in [0.3, 0.4) is 0 Å². The van der Waals surface area contributed by atoms with Crippen LogP contribution in [0.4, 0.5) is 5.69 Å². The van der Waals surface area contributed by atoms with Gasteiger partial charge in [0.1, 0.15) is 11.5 Å². The lowest BCUT2D eigenvalue weighted by atomic mass is 10.0. The summed E-state index contributed by atoms with van der Waals surface area (Å²) in [5.74, 6) is 1.17. The first-order valence-corrected chi connectivity index (χ1v) is 6.44. The molecule has 2 rings (SSSR count). The van der Waals surface area contributed by atoms with Crippen LogP contribution in [-0.4, -0.2) is 5.91 Å². The van der Waals surface area contributed by atoms with Crippen molar-refractivity contribution >= 4 is 11.6 Å². The molecule has 0 heterocycles. The standard InChI is InChI=1S/C16H18N2O2/c1-10(2)11-3-6-13(7-4-11)20-15-8-5-12(16(18)19)9-14(15)17/h3-10H,17H2,1-2H3,(H2,18,19). The van der Waals surface area contributed by atoms with Crippen molar-refractivity contribution in [2.24, 2.45) is 5.73 Å². The largest absolute Gasteiger partial charge is 0.455 e. The minimum atomic E-state index is -0.510. The van der Waals surface area contributed by atoms with Crippen molar-refractivity contribution in [2.45, 2.75) is 19.8 Å². The van der Waals surface area contributed by atoms with Crippen LogP contribution in [0.25, 0.3) is 0 Å². The quantitative estimate of drug-likeness (QED) is 0.837. The third-order valence-electron chi connectivity index (χ3n) is 3.07. The van der Waals surface area contributed by atoms with Gasteiger partial charge in [-0.25, -0.2) is 0 Å². The number of hydrogen-bond acceptors (Lipinski definition) is 3. The number of benzene rings is 2. The molecule has 0 bridgehead atoms. The molecule has 0 aliphatic heterocycles. The SMILES string of the molecule is CC(C)c1ccc(Oc2ccc(C(N)=O)cc2N)cc1. The van der Waals surface area contributed by atoms with Crippen LogP contribution in [0.15, 0.2) is 42.5 Å². The number of carbonyl (C=O) groups is 1. The number of rotatable bonds is 4. The predicted molar refractivity (Wildman–Crippen MR) is 80.0 cm³/mol. The zero-order valence-electron chi connectivity index (χ0n) is 11.6. The molecule has 0 aromatic heterocycles. The van der Waals surface area contributed by atoms with Crippen molar-refractivity contribution in [1.29, 1.82) is 0 Å². The Morgan fingerprint density at radius 3 is 2.25 bits per heavy atom. The fourth-order valence-electron chi connectivity index (χ4n) is 1.84. The fourth-order valence-corrected chi connectivity index (χ4v) is 1.84. The molecule has 2 aromatic rings. The molecule has 0 spiro atoms. The minimum Gasteiger partial charge on any atom is -0.455 e. The van der Waals surface area contributed by atoms with Crippen molar-refractivity contribution in [3.05, 3.63) is 53.6 Å². The lowest BCUT2D eigenvalue weighted by Crippen LogP contribution is -2.11. The Bertz CT molecular complexity index is 619. The third kappa shape index (κ3) is 3.09. The molecular weight excluding hydrogens is 252 g/mol. The highest BCUT2D eigenvalue weighted by atomic mass is 16.5. The topological polar surface area (TPSA) is 78.3 Å². The number of amides is 1. The van der Waals surface area contributed by atoms with Gasteiger partial charge in [0.2, 0.25) is 5.91 Å². The van der Waals surface area contributed by atoms with Gasteiger partial charge in [0.25, 0.3) is 0 Å². The van der Waals surface area contributed by atoms with Gasteiger partial charge in [-0.15, -0.1) is 0 Å². The molecule has 0 atom stereocenters. The van der Waals surface area contributed by atoms with Crippen LogP contribution in [0, 0.1) is 0 Å². The van der Waals surface area contributed by atoms with Gasteiger partial charge in [-0.2, -0.15) is 0 Å². The van der Waals surface area contributed by atoms with E-state index in [1.165, 1.54) is 11.6 Å². The summed E-state index contributed by atoms with van der Waals surface area (Å²) >= 11 is 0. The maximum absolute atomic E-state index is 11.0. The normalized spacial score (nSPS) is 10.6. The van der Waals surface area contributed by atoms with Crippen molar-refractivity contribution in [3.8, 4) is 11.5 Å². The number of primary amides is 1. The Kier molecular flexibility index (Phi) is 3.94.